The van der Waals surface area contributed by atoms with E-state index >= 15 is 0 Å². The molecule has 0 unspecified atom stereocenters. The molecule has 3 heteroatoms. The Bertz CT molecular complexity index is 299. The van der Waals surface area contributed by atoms with E-state index in [2.05, 4.69) is 38.6 Å². The van der Waals surface area contributed by atoms with Crippen LogP contribution in [0, 0.1) is 13.8 Å². The van der Waals surface area contributed by atoms with Gasteiger partial charge in [-0.1, -0.05) is 29.3 Å². The lowest BCUT2D eigenvalue weighted by atomic mass is 10.2. The largest absolute Gasteiger partial charge is 0.394 e. The fraction of sp³-hybridized carbons (Fsp3) is 0.455. The second-order valence-corrected chi connectivity index (χ2v) is 7.02. The predicted octanol–water partition coefficient (Wildman–Crippen LogP) is 1.88. The van der Waals surface area contributed by atoms with Crippen LogP contribution in [0.25, 0.3) is 0 Å². The molecule has 0 aromatic heterocycles. The van der Waals surface area contributed by atoms with Crippen molar-refractivity contribution in [1.82, 2.24) is 0 Å². The van der Waals surface area contributed by atoms with Crippen molar-refractivity contribution in [2.24, 2.45) is 0 Å². The Morgan fingerprint density at radius 2 is 1.36 bits per heavy atom. The summed E-state index contributed by atoms with van der Waals surface area (Å²) in [5.74, 6) is 0. The Labute approximate surface area is 87.1 Å². The first-order valence-electron chi connectivity index (χ1n) is 4.71. The van der Waals surface area contributed by atoms with Crippen molar-refractivity contribution in [3.8, 4) is 0 Å². The summed E-state index contributed by atoms with van der Waals surface area (Å²) >= 11 is 0. The summed E-state index contributed by atoms with van der Waals surface area (Å²) in [5.41, 5.74) is 2.51. The van der Waals surface area contributed by atoms with E-state index in [1.54, 1.807) is 14.2 Å². The molecule has 0 radical (unpaired) electrons. The topological polar surface area (TPSA) is 18.5 Å². The molecule has 0 aliphatic rings. The molecule has 0 atom stereocenters. The summed E-state index contributed by atoms with van der Waals surface area (Å²) in [4.78, 5) is 0. The van der Waals surface area contributed by atoms with Gasteiger partial charge in [0.05, 0.1) is 0 Å². The Balaban J connectivity index is 3.17. The van der Waals surface area contributed by atoms with Gasteiger partial charge < -0.3 is 8.85 Å². The summed E-state index contributed by atoms with van der Waals surface area (Å²) in [6, 6.07) is 6.45. The molecule has 0 aliphatic carbocycles. The quantitative estimate of drug-likeness (QED) is 0.709. The van der Waals surface area contributed by atoms with Gasteiger partial charge in [-0.15, -0.1) is 0 Å². The van der Waals surface area contributed by atoms with E-state index in [1.165, 1.54) is 16.3 Å². The summed E-state index contributed by atoms with van der Waals surface area (Å²) in [7, 11) is 1.30. The van der Waals surface area contributed by atoms with Crippen LogP contribution in [0.4, 0.5) is 0 Å². The smallest absolute Gasteiger partial charge is 0.368 e. The fourth-order valence-electron chi connectivity index (χ4n) is 1.56. The third-order valence-electron chi connectivity index (χ3n) is 2.53. The van der Waals surface area contributed by atoms with E-state index in [1.807, 2.05) is 0 Å². The highest BCUT2D eigenvalue weighted by atomic mass is 28.4. The van der Waals surface area contributed by atoms with E-state index < -0.39 is 8.56 Å². The molecule has 0 heterocycles. The molecule has 0 saturated carbocycles. The van der Waals surface area contributed by atoms with Crippen LogP contribution < -0.4 is 5.19 Å². The van der Waals surface area contributed by atoms with Gasteiger partial charge in [0.2, 0.25) is 0 Å². The molecule has 0 N–H and O–H groups in total. The van der Waals surface area contributed by atoms with E-state index in [0.29, 0.717) is 0 Å². The van der Waals surface area contributed by atoms with Crippen molar-refractivity contribution in [3.05, 3.63) is 29.3 Å². The SMILES string of the molecule is CO[Si](C)(OC)c1cc(C)cc(C)c1. The average Bonchev–Trinajstić information content (AvgIpc) is 2.15. The van der Waals surface area contributed by atoms with Crippen molar-refractivity contribution < 1.29 is 8.85 Å². The average molecular weight is 210 g/mol. The minimum atomic E-state index is -2.14. The van der Waals surface area contributed by atoms with Gasteiger partial charge in [-0.3, -0.25) is 0 Å². The lowest BCUT2D eigenvalue weighted by molar-refractivity contribution is 0.265. The highest BCUT2D eigenvalue weighted by Crippen LogP contribution is 2.09. The monoisotopic (exact) mass is 210 g/mol. The second kappa shape index (κ2) is 4.25. The fourth-order valence-corrected chi connectivity index (χ4v) is 3.17. The lowest BCUT2D eigenvalue weighted by Crippen LogP contribution is -2.49. The van der Waals surface area contributed by atoms with Crippen LogP contribution in [0.5, 0.6) is 0 Å². The number of hydrogen-bond donors (Lipinski definition) is 0. The van der Waals surface area contributed by atoms with Gasteiger partial charge in [0.15, 0.2) is 0 Å². The Hall–Kier alpha value is -0.643. The van der Waals surface area contributed by atoms with Crippen molar-refractivity contribution in [2.45, 2.75) is 20.4 Å². The molecule has 78 valence electrons. The summed E-state index contributed by atoms with van der Waals surface area (Å²) in [5, 5.41) is 1.19. The molecule has 0 saturated heterocycles. The van der Waals surface area contributed by atoms with Gasteiger partial charge in [-0.05, 0) is 25.6 Å². The molecule has 1 rings (SSSR count). The maximum Gasteiger partial charge on any atom is 0.368 e. The molecular weight excluding hydrogens is 192 g/mol. The molecule has 0 spiro atoms. The van der Waals surface area contributed by atoms with Gasteiger partial charge in [0, 0.05) is 14.2 Å². The molecule has 0 bridgehead atoms. The zero-order chi connectivity index (χ0) is 10.8. The van der Waals surface area contributed by atoms with Gasteiger partial charge in [-0.25, -0.2) is 0 Å². The molecule has 14 heavy (non-hydrogen) atoms. The first-order valence-corrected chi connectivity index (χ1v) is 7.02. The van der Waals surface area contributed by atoms with E-state index in [0.717, 1.165) is 0 Å². The zero-order valence-electron chi connectivity index (χ0n) is 9.55. The van der Waals surface area contributed by atoms with Crippen LogP contribution in [0.15, 0.2) is 18.2 Å². The van der Waals surface area contributed by atoms with E-state index in [9.17, 15) is 0 Å². The van der Waals surface area contributed by atoms with Crippen LogP contribution in [-0.4, -0.2) is 22.8 Å². The van der Waals surface area contributed by atoms with E-state index in [-0.39, 0.29) is 0 Å². The van der Waals surface area contributed by atoms with Gasteiger partial charge in [-0.2, -0.15) is 0 Å². The Morgan fingerprint density at radius 1 is 0.929 bits per heavy atom. The van der Waals surface area contributed by atoms with Crippen molar-refractivity contribution >= 4 is 13.7 Å². The molecule has 1 aromatic carbocycles. The van der Waals surface area contributed by atoms with Crippen LogP contribution in [-0.2, 0) is 8.85 Å². The summed E-state index contributed by atoms with van der Waals surface area (Å²) in [6.45, 7) is 6.24. The Kier molecular flexibility index (Phi) is 3.47. The van der Waals surface area contributed by atoms with E-state index in [4.69, 9.17) is 8.85 Å². The van der Waals surface area contributed by atoms with Crippen LogP contribution in [0.1, 0.15) is 11.1 Å². The summed E-state index contributed by atoms with van der Waals surface area (Å²) < 4.78 is 11.0. The second-order valence-electron chi connectivity index (χ2n) is 3.73. The number of benzene rings is 1. The maximum absolute atomic E-state index is 5.50. The molecule has 0 amide bonds. The zero-order valence-corrected chi connectivity index (χ0v) is 10.5. The molecule has 0 aliphatic heterocycles. The van der Waals surface area contributed by atoms with Crippen LogP contribution >= 0.6 is 0 Å². The van der Waals surface area contributed by atoms with Crippen LogP contribution in [0.3, 0.4) is 0 Å². The lowest BCUT2D eigenvalue weighted by Gasteiger charge is -2.23. The summed E-state index contributed by atoms with van der Waals surface area (Å²) in [6.07, 6.45) is 0. The number of rotatable bonds is 3. The third kappa shape index (κ3) is 2.23. The standard InChI is InChI=1S/C11H18O2Si/c1-9-6-10(2)8-11(7-9)14(5,12-3)13-4/h6-8H,1-5H3. The first kappa shape index (κ1) is 11.4. The minimum absolute atomic E-state index is 1.19. The van der Waals surface area contributed by atoms with Crippen LogP contribution in [0.2, 0.25) is 6.55 Å². The predicted molar refractivity (Wildman–Crippen MR) is 61.2 cm³/mol. The van der Waals surface area contributed by atoms with Gasteiger partial charge in [0.25, 0.3) is 0 Å². The maximum atomic E-state index is 5.50. The highest BCUT2D eigenvalue weighted by Gasteiger charge is 2.31. The number of aryl methyl sites for hydroxylation is 2. The molecule has 2 nitrogen and oxygen atoms in total. The normalized spacial score (nSPS) is 11.8. The highest BCUT2D eigenvalue weighted by molar-refractivity contribution is 6.79. The van der Waals surface area contributed by atoms with Crippen molar-refractivity contribution in [3.63, 3.8) is 0 Å². The minimum Gasteiger partial charge on any atom is -0.394 e. The van der Waals surface area contributed by atoms with Crippen molar-refractivity contribution in [1.29, 1.82) is 0 Å². The van der Waals surface area contributed by atoms with Gasteiger partial charge >= 0.3 is 8.56 Å². The first-order chi connectivity index (χ1) is 6.51. The van der Waals surface area contributed by atoms with Gasteiger partial charge in [0.1, 0.15) is 0 Å². The third-order valence-corrected chi connectivity index (χ3v) is 5.42. The molecule has 1 aromatic rings. The van der Waals surface area contributed by atoms with Crippen molar-refractivity contribution in [2.75, 3.05) is 14.2 Å². The Morgan fingerprint density at radius 3 is 1.71 bits per heavy atom. The molecule has 0 fully saturated rings. The molecular formula is C11H18O2Si. The number of hydrogen-bond acceptors (Lipinski definition) is 2.